The lowest BCUT2D eigenvalue weighted by molar-refractivity contribution is -0.230. The van der Waals surface area contributed by atoms with Gasteiger partial charge in [0.15, 0.2) is 5.79 Å². The summed E-state index contributed by atoms with van der Waals surface area (Å²) in [7, 11) is 0. The summed E-state index contributed by atoms with van der Waals surface area (Å²) in [6.45, 7) is 2.02. The number of nitrogens with one attached hydrogen (secondary N) is 1. The molecule has 6 heteroatoms. The SMILES string of the molecule is NCCOC1(OCCNC(=O)OCc2ccccc2)CCCC1. The van der Waals surface area contributed by atoms with Crippen LogP contribution < -0.4 is 11.1 Å². The fourth-order valence-electron chi connectivity index (χ4n) is 2.65. The molecule has 6 nitrogen and oxygen atoms in total. The van der Waals surface area contributed by atoms with Gasteiger partial charge in [0.25, 0.3) is 0 Å². The summed E-state index contributed by atoms with van der Waals surface area (Å²) >= 11 is 0. The molecule has 0 heterocycles. The van der Waals surface area contributed by atoms with E-state index in [4.69, 9.17) is 19.9 Å². The van der Waals surface area contributed by atoms with Crippen molar-refractivity contribution in [3.8, 4) is 0 Å². The lowest BCUT2D eigenvalue weighted by Gasteiger charge is -2.29. The van der Waals surface area contributed by atoms with E-state index >= 15 is 0 Å². The normalized spacial score (nSPS) is 16.2. The molecule has 1 aromatic carbocycles. The molecule has 1 fully saturated rings. The van der Waals surface area contributed by atoms with Gasteiger partial charge in [0.1, 0.15) is 6.61 Å². The monoisotopic (exact) mass is 322 g/mol. The van der Waals surface area contributed by atoms with Gasteiger partial charge in [0, 0.05) is 25.9 Å². The lowest BCUT2D eigenvalue weighted by Crippen LogP contribution is -2.37. The van der Waals surface area contributed by atoms with Crippen molar-refractivity contribution in [2.45, 2.75) is 38.1 Å². The van der Waals surface area contributed by atoms with Crippen LogP contribution in [-0.4, -0.2) is 38.2 Å². The molecular formula is C17H26N2O4. The number of rotatable bonds is 9. The minimum atomic E-state index is -0.519. The average molecular weight is 322 g/mol. The van der Waals surface area contributed by atoms with Crippen LogP contribution in [0.15, 0.2) is 30.3 Å². The minimum Gasteiger partial charge on any atom is -0.445 e. The van der Waals surface area contributed by atoms with Gasteiger partial charge >= 0.3 is 6.09 Å². The first kappa shape index (κ1) is 17.7. The Labute approximate surface area is 137 Å². The Kier molecular flexibility index (Phi) is 7.32. The number of nitrogens with two attached hydrogens (primary N) is 1. The highest BCUT2D eigenvalue weighted by molar-refractivity contribution is 5.67. The fourth-order valence-corrected chi connectivity index (χ4v) is 2.65. The second kappa shape index (κ2) is 9.50. The third-order valence-corrected chi connectivity index (χ3v) is 3.80. The first-order valence-electron chi connectivity index (χ1n) is 8.17. The highest BCUT2D eigenvalue weighted by Crippen LogP contribution is 2.34. The first-order valence-corrected chi connectivity index (χ1v) is 8.17. The molecule has 1 aromatic rings. The molecule has 0 bridgehead atoms. The summed E-state index contributed by atoms with van der Waals surface area (Å²) in [5.41, 5.74) is 6.44. The molecule has 128 valence electrons. The molecule has 1 aliphatic carbocycles. The predicted molar refractivity (Wildman–Crippen MR) is 86.8 cm³/mol. The van der Waals surface area contributed by atoms with E-state index in [1.165, 1.54) is 0 Å². The van der Waals surface area contributed by atoms with E-state index in [1.54, 1.807) is 0 Å². The van der Waals surface area contributed by atoms with Crippen molar-refractivity contribution in [2.24, 2.45) is 5.73 Å². The Bertz CT molecular complexity index is 461. The standard InChI is InChI=1S/C17H26N2O4/c18-10-12-22-17(8-4-5-9-17)23-13-11-19-16(20)21-14-15-6-2-1-3-7-15/h1-3,6-7H,4-5,8-14,18H2,(H,19,20). The Balaban J connectivity index is 1.61. The number of amides is 1. The van der Waals surface area contributed by atoms with E-state index in [-0.39, 0.29) is 6.61 Å². The van der Waals surface area contributed by atoms with Crippen LogP contribution in [0.4, 0.5) is 4.79 Å². The van der Waals surface area contributed by atoms with Crippen molar-refractivity contribution < 1.29 is 19.0 Å². The maximum Gasteiger partial charge on any atom is 0.407 e. The van der Waals surface area contributed by atoms with Crippen molar-refractivity contribution in [3.63, 3.8) is 0 Å². The summed E-state index contributed by atoms with van der Waals surface area (Å²) < 4.78 is 16.8. The number of carbonyl (C=O) groups excluding carboxylic acids is 1. The maximum absolute atomic E-state index is 11.6. The molecule has 1 saturated carbocycles. The number of benzene rings is 1. The van der Waals surface area contributed by atoms with Crippen molar-refractivity contribution in [1.82, 2.24) is 5.32 Å². The van der Waals surface area contributed by atoms with Crippen LogP contribution in [0.1, 0.15) is 31.2 Å². The van der Waals surface area contributed by atoms with Crippen LogP contribution >= 0.6 is 0 Å². The average Bonchev–Trinajstić information content (AvgIpc) is 3.05. The van der Waals surface area contributed by atoms with Gasteiger partial charge in [-0.1, -0.05) is 30.3 Å². The smallest absolute Gasteiger partial charge is 0.407 e. The summed E-state index contributed by atoms with van der Waals surface area (Å²) in [5.74, 6) is -0.519. The van der Waals surface area contributed by atoms with Crippen molar-refractivity contribution in [2.75, 3.05) is 26.3 Å². The zero-order valence-corrected chi connectivity index (χ0v) is 13.5. The molecule has 2 rings (SSSR count). The number of alkyl carbamates (subject to hydrolysis) is 1. The van der Waals surface area contributed by atoms with Gasteiger partial charge in [-0.05, 0) is 18.4 Å². The highest BCUT2D eigenvalue weighted by atomic mass is 16.7. The van der Waals surface area contributed by atoms with Gasteiger partial charge in [-0.15, -0.1) is 0 Å². The number of carbonyl (C=O) groups is 1. The van der Waals surface area contributed by atoms with E-state index in [9.17, 15) is 4.79 Å². The van der Waals surface area contributed by atoms with Gasteiger partial charge in [0.2, 0.25) is 0 Å². The van der Waals surface area contributed by atoms with Gasteiger partial charge in [-0.2, -0.15) is 0 Å². The molecule has 23 heavy (non-hydrogen) atoms. The summed E-state index contributed by atoms with van der Waals surface area (Å²) in [6.07, 6.45) is 3.51. The van der Waals surface area contributed by atoms with Crippen LogP contribution in [0.3, 0.4) is 0 Å². The molecule has 0 atom stereocenters. The number of ether oxygens (including phenoxy) is 3. The number of hydrogen-bond acceptors (Lipinski definition) is 5. The molecule has 1 aliphatic rings. The molecule has 3 N–H and O–H groups in total. The van der Waals surface area contributed by atoms with Gasteiger partial charge in [-0.3, -0.25) is 0 Å². The van der Waals surface area contributed by atoms with Crippen LogP contribution in [0.2, 0.25) is 0 Å². The van der Waals surface area contributed by atoms with Crippen molar-refractivity contribution in [1.29, 1.82) is 0 Å². The van der Waals surface area contributed by atoms with E-state index in [2.05, 4.69) is 5.32 Å². The Hall–Kier alpha value is -1.63. The molecule has 0 spiro atoms. The molecule has 1 amide bonds. The summed E-state index contributed by atoms with van der Waals surface area (Å²) in [6, 6.07) is 9.57. The van der Waals surface area contributed by atoms with Gasteiger partial charge in [-0.25, -0.2) is 4.79 Å². The second-order valence-electron chi connectivity index (χ2n) is 5.59. The molecule has 0 radical (unpaired) electrons. The predicted octanol–water partition coefficient (Wildman–Crippen LogP) is 2.17. The van der Waals surface area contributed by atoms with Crippen LogP contribution in [0, 0.1) is 0 Å². The molecular weight excluding hydrogens is 296 g/mol. The largest absolute Gasteiger partial charge is 0.445 e. The summed E-state index contributed by atoms with van der Waals surface area (Å²) in [5, 5.41) is 2.68. The zero-order valence-electron chi connectivity index (χ0n) is 13.5. The van der Waals surface area contributed by atoms with Gasteiger partial charge < -0.3 is 25.3 Å². The fraction of sp³-hybridized carbons (Fsp3) is 0.588. The maximum atomic E-state index is 11.6. The quantitative estimate of drug-likeness (QED) is 0.538. The molecule has 0 aromatic heterocycles. The Morgan fingerprint density at radius 1 is 1.13 bits per heavy atom. The van der Waals surface area contributed by atoms with Crippen LogP contribution in [-0.2, 0) is 20.8 Å². The molecule has 0 saturated heterocycles. The molecule has 0 aliphatic heterocycles. The number of hydrogen-bond donors (Lipinski definition) is 2. The second-order valence-corrected chi connectivity index (χ2v) is 5.59. The Morgan fingerprint density at radius 3 is 2.52 bits per heavy atom. The third kappa shape index (κ3) is 6.17. The molecule has 0 unspecified atom stereocenters. The minimum absolute atomic E-state index is 0.261. The third-order valence-electron chi connectivity index (χ3n) is 3.80. The lowest BCUT2D eigenvalue weighted by atomic mass is 10.2. The highest BCUT2D eigenvalue weighted by Gasteiger charge is 2.35. The van der Waals surface area contributed by atoms with E-state index in [1.807, 2.05) is 30.3 Å². The first-order chi connectivity index (χ1) is 11.2. The van der Waals surface area contributed by atoms with Gasteiger partial charge in [0.05, 0.1) is 13.2 Å². The van der Waals surface area contributed by atoms with Crippen LogP contribution in [0.25, 0.3) is 0 Å². The Morgan fingerprint density at radius 2 is 1.83 bits per heavy atom. The van der Waals surface area contributed by atoms with E-state index in [0.717, 1.165) is 31.2 Å². The van der Waals surface area contributed by atoms with Crippen molar-refractivity contribution in [3.05, 3.63) is 35.9 Å². The zero-order chi connectivity index (χ0) is 16.4. The summed E-state index contributed by atoms with van der Waals surface area (Å²) in [4.78, 5) is 11.6. The van der Waals surface area contributed by atoms with E-state index in [0.29, 0.717) is 26.3 Å². The van der Waals surface area contributed by atoms with E-state index < -0.39 is 11.9 Å². The topological polar surface area (TPSA) is 82.8 Å². The van der Waals surface area contributed by atoms with Crippen molar-refractivity contribution >= 4 is 6.09 Å². The van der Waals surface area contributed by atoms with Crippen LogP contribution in [0.5, 0.6) is 0 Å².